The number of hydrogen-bond acceptors (Lipinski definition) is 2. The fourth-order valence-electron chi connectivity index (χ4n) is 3.45. The predicted octanol–water partition coefficient (Wildman–Crippen LogP) is 2.23. The molecule has 2 nitrogen and oxygen atoms in total. The molecule has 74 valence electrons. The van der Waals surface area contributed by atoms with Crippen molar-refractivity contribution in [3.05, 3.63) is 0 Å². The molecule has 4 atom stereocenters. The standard InChI is InChI=1S/C11H18O2/c1-7-8-4-5-9(6-8)11(7,2)10(12)13-3/h7-9H,4-6H2,1-3H3. The van der Waals surface area contributed by atoms with E-state index in [1.807, 2.05) is 0 Å². The van der Waals surface area contributed by atoms with Crippen molar-refractivity contribution in [1.29, 1.82) is 0 Å². The predicted molar refractivity (Wildman–Crippen MR) is 50.1 cm³/mol. The van der Waals surface area contributed by atoms with Gasteiger partial charge in [-0.05, 0) is 43.9 Å². The lowest BCUT2D eigenvalue weighted by Crippen LogP contribution is -2.40. The molecule has 2 saturated carbocycles. The van der Waals surface area contributed by atoms with Gasteiger partial charge in [-0.1, -0.05) is 6.92 Å². The summed E-state index contributed by atoms with van der Waals surface area (Å²) in [7, 11) is 1.51. The first-order valence-corrected chi connectivity index (χ1v) is 5.19. The minimum Gasteiger partial charge on any atom is -0.469 e. The Hall–Kier alpha value is -0.530. The zero-order chi connectivity index (χ0) is 9.64. The van der Waals surface area contributed by atoms with Gasteiger partial charge in [-0.15, -0.1) is 0 Å². The van der Waals surface area contributed by atoms with Gasteiger partial charge in [-0.3, -0.25) is 4.79 Å². The van der Waals surface area contributed by atoms with Crippen molar-refractivity contribution in [1.82, 2.24) is 0 Å². The van der Waals surface area contributed by atoms with Crippen LogP contribution in [0.25, 0.3) is 0 Å². The molecule has 0 aromatic heterocycles. The number of carbonyl (C=O) groups is 1. The Kier molecular flexibility index (Phi) is 1.90. The second kappa shape index (κ2) is 2.73. The zero-order valence-corrected chi connectivity index (χ0v) is 8.67. The lowest BCUT2D eigenvalue weighted by atomic mass is 9.68. The molecular formula is C11H18O2. The number of esters is 1. The Morgan fingerprint density at radius 2 is 2.15 bits per heavy atom. The van der Waals surface area contributed by atoms with E-state index < -0.39 is 0 Å². The quantitative estimate of drug-likeness (QED) is 0.581. The summed E-state index contributed by atoms with van der Waals surface area (Å²) in [5, 5.41) is 0. The zero-order valence-electron chi connectivity index (χ0n) is 8.67. The van der Waals surface area contributed by atoms with E-state index in [1.54, 1.807) is 0 Å². The molecule has 0 heterocycles. The first-order chi connectivity index (χ1) is 6.10. The number of rotatable bonds is 1. The number of carbonyl (C=O) groups excluding carboxylic acids is 1. The van der Waals surface area contributed by atoms with Crippen LogP contribution >= 0.6 is 0 Å². The van der Waals surface area contributed by atoms with Gasteiger partial charge in [0.1, 0.15) is 0 Å². The molecule has 4 unspecified atom stereocenters. The van der Waals surface area contributed by atoms with E-state index in [0.717, 1.165) is 5.92 Å². The first-order valence-electron chi connectivity index (χ1n) is 5.19. The smallest absolute Gasteiger partial charge is 0.312 e. The Morgan fingerprint density at radius 1 is 1.46 bits per heavy atom. The molecule has 0 aromatic carbocycles. The third-order valence-electron chi connectivity index (χ3n) is 4.60. The van der Waals surface area contributed by atoms with E-state index >= 15 is 0 Å². The van der Waals surface area contributed by atoms with Gasteiger partial charge >= 0.3 is 5.97 Å². The summed E-state index contributed by atoms with van der Waals surface area (Å²) in [6.45, 7) is 4.30. The van der Waals surface area contributed by atoms with E-state index in [9.17, 15) is 4.79 Å². The summed E-state index contributed by atoms with van der Waals surface area (Å²) >= 11 is 0. The van der Waals surface area contributed by atoms with Crippen LogP contribution < -0.4 is 0 Å². The average Bonchev–Trinajstić information content (AvgIpc) is 2.69. The number of methoxy groups -OCH3 is 1. The molecule has 0 N–H and O–H groups in total. The normalized spacial score (nSPS) is 48.1. The molecular weight excluding hydrogens is 164 g/mol. The third kappa shape index (κ3) is 0.976. The molecule has 0 radical (unpaired) electrons. The van der Waals surface area contributed by atoms with Gasteiger partial charge in [-0.25, -0.2) is 0 Å². The summed E-state index contributed by atoms with van der Waals surface area (Å²) in [4.78, 5) is 11.7. The summed E-state index contributed by atoms with van der Waals surface area (Å²) in [6, 6.07) is 0. The summed E-state index contributed by atoms with van der Waals surface area (Å²) in [5.74, 6) is 1.87. The highest BCUT2D eigenvalue weighted by atomic mass is 16.5. The minimum absolute atomic E-state index is 0.00667. The van der Waals surface area contributed by atoms with Crippen LogP contribution in [0.5, 0.6) is 0 Å². The monoisotopic (exact) mass is 182 g/mol. The van der Waals surface area contributed by atoms with E-state index in [0.29, 0.717) is 11.8 Å². The molecule has 2 aliphatic carbocycles. The Bertz CT molecular complexity index is 232. The molecule has 0 amide bonds. The number of fused-ring (bicyclic) bond motifs is 2. The van der Waals surface area contributed by atoms with Gasteiger partial charge < -0.3 is 4.74 Å². The molecule has 0 spiro atoms. The Morgan fingerprint density at radius 3 is 2.62 bits per heavy atom. The van der Waals surface area contributed by atoms with Crippen LogP contribution in [-0.4, -0.2) is 13.1 Å². The van der Waals surface area contributed by atoms with Crippen molar-refractivity contribution in [2.24, 2.45) is 23.2 Å². The van der Waals surface area contributed by atoms with Crippen LogP contribution in [0, 0.1) is 23.2 Å². The summed E-state index contributed by atoms with van der Waals surface area (Å²) in [5.41, 5.74) is -0.183. The van der Waals surface area contributed by atoms with Crippen molar-refractivity contribution in [3.8, 4) is 0 Å². The van der Waals surface area contributed by atoms with E-state index in [2.05, 4.69) is 13.8 Å². The maximum atomic E-state index is 11.7. The van der Waals surface area contributed by atoms with Crippen molar-refractivity contribution >= 4 is 5.97 Å². The van der Waals surface area contributed by atoms with Crippen LogP contribution in [0.15, 0.2) is 0 Å². The molecule has 2 aliphatic rings. The van der Waals surface area contributed by atoms with Crippen molar-refractivity contribution in [2.45, 2.75) is 33.1 Å². The van der Waals surface area contributed by atoms with Crippen molar-refractivity contribution < 1.29 is 9.53 Å². The summed E-state index contributed by atoms with van der Waals surface area (Å²) < 4.78 is 4.92. The lowest BCUT2D eigenvalue weighted by molar-refractivity contribution is -0.158. The van der Waals surface area contributed by atoms with Crippen LogP contribution in [0.3, 0.4) is 0 Å². The summed E-state index contributed by atoms with van der Waals surface area (Å²) in [6.07, 6.45) is 3.78. The van der Waals surface area contributed by atoms with Gasteiger partial charge in [0, 0.05) is 0 Å². The maximum absolute atomic E-state index is 11.7. The van der Waals surface area contributed by atoms with Gasteiger partial charge in [0.05, 0.1) is 12.5 Å². The highest BCUT2D eigenvalue weighted by Crippen LogP contribution is 2.59. The van der Waals surface area contributed by atoms with Crippen LogP contribution in [0.2, 0.25) is 0 Å². The molecule has 2 fully saturated rings. The van der Waals surface area contributed by atoms with Crippen molar-refractivity contribution in [3.63, 3.8) is 0 Å². The van der Waals surface area contributed by atoms with Crippen LogP contribution in [0.1, 0.15) is 33.1 Å². The number of hydrogen-bond donors (Lipinski definition) is 0. The SMILES string of the molecule is COC(=O)C1(C)C2CCC(C2)C1C. The van der Waals surface area contributed by atoms with E-state index in [-0.39, 0.29) is 11.4 Å². The molecule has 13 heavy (non-hydrogen) atoms. The second-order valence-electron chi connectivity index (χ2n) is 4.83. The van der Waals surface area contributed by atoms with Gasteiger partial charge in [-0.2, -0.15) is 0 Å². The molecule has 2 bridgehead atoms. The number of ether oxygens (including phenoxy) is 1. The lowest BCUT2D eigenvalue weighted by Gasteiger charge is -2.36. The average molecular weight is 182 g/mol. The van der Waals surface area contributed by atoms with E-state index in [4.69, 9.17) is 4.74 Å². The molecule has 2 heteroatoms. The van der Waals surface area contributed by atoms with E-state index in [1.165, 1.54) is 26.4 Å². The Labute approximate surface area is 79.7 Å². The largest absolute Gasteiger partial charge is 0.469 e. The van der Waals surface area contributed by atoms with Crippen molar-refractivity contribution in [2.75, 3.05) is 7.11 Å². The highest BCUT2D eigenvalue weighted by molar-refractivity contribution is 5.77. The maximum Gasteiger partial charge on any atom is 0.312 e. The van der Waals surface area contributed by atoms with Gasteiger partial charge in [0.15, 0.2) is 0 Å². The molecule has 0 aromatic rings. The molecule has 2 rings (SSSR count). The second-order valence-corrected chi connectivity index (χ2v) is 4.83. The molecule has 0 aliphatic heterocycles. The van der Waals surface area contributed by atoms with Gasteiger partial charge in [0.2, 0.25) is 0 Å². The fourth-order valence-corrected chi connectivity index (χ4v) is 3.45. The Balaban J connectivity index is 2.27. The molecule has 0 saturated heterocycles. The topological polar surface area (TPSA) is 26.3 Å². The third-order valence-corrected chi connectivity index (χ3v) is 4.60. The van der Waals surface area contributed by atoms with Crippen LogP contribution in [0.4, 0.5) is 0 Å². The minimum atomic E-state index is -0.183. The fraction of sp³-hybridized carbons (Fsp3) is 0.909. The first kappa shape index (κ1) is 9.04. The highest BCUT2D eigenvalue weighted by Gasteiger charge is 2.58. The van der Waals surface area contributed by atoms with Gasteiger partial charge in [0.25, 0.3) is 0 Å². The van der Waals surface area contributed by atoms with Crippen LogP contribution in [-0.2, 0) is 9.53 Å².